The molecule has 3 rings (SSSR count). The first-order valence-corrected chi connectivity index (χ1v) is 8.61. The van der Waals surface area contributed by atoms with Gasteiger partial charge in [-0.3, -0.25) is 9.69 Å². The number of Topliss-reactive ketones (excluding diaryl/α,β-unsaturated/α-hetero) is 1. The lowest BCUT2D eigenvalue weighted by atomic mass is 9.83. The summed E-state index contributed by atoms with van der Waals surface area (Å²) in [6.45, 7) is 4.75. The molecule has 0 saturated carbocycles. The van der Waals surface area contributed by atoms with Crippen molar-refractivity contribution >= 4 is 5.78 Å². The summed E-state index contributed by atoms with van der Waals surface area (Å²) in [4.78, 5) is 15.4. The SMILES string of the molecule is NC1CCN(C(C(=O)C2CCCO2)C2CCNCC2)CC1. The van der Waals surface area contributed by atoms with Crippen LogP contribution in [0, 0.1) is 5.92 Å². The van der Waals surface area contributed by atoms with E-state index >= 15 is 0 Å². The lowest BCUT2D eigenvalue weighted by Gasteiger charge is -2.41. The number of carbonyl (C=O) groups excluding carboxylic acids is 1. The van der Waals surface area contributed by atoms with Crippen LogP contribution in [0.1, 0.15) is 38.5 Å². The Morgan fingerprint density at radius 1 is 1.14 bits per heavy atom. The van der Waals surface area contributed by atoms with Crippen LogP contribution in [0.15, 0.2) is 0 Å². The predicted molar refractivity (Wildman–Crippen MR) is 82.1 cm³/mol. The summed E-state index contributed by atoms with van der Waals surface area (Å²) >= 11 is 0. The summed E-state index contributed by atoms with van der Waals surface area (Å²) in [5, 5.41) is 3.41. The number of nitrogens with zero attached hydrogens (tertiary/aromatic N) is 1. The van der Waals surface area contributed by atoms with Gasteiger partial charge < -0.3 is 15.8 Å². The monoisotopic (exact) mass is 295 g/mol. The Hall–Kier alpha value is -0.490. The first-order chi connectivity index (χ1) is 10.3. The van der Waals surface area contributed by atoms with Gasteiger partial charge in [-0.2, -0.15) is 0 Å². The van der Waals surface area contributed by atoms with Gasteiger partial charge in [0.15, 0.2) is 5.78 Å². The van der Waals surface area contributed by atoms with Gasteiger partial charge in [-0.05, 0) is 57.5 Å². The van der Waals surface area contributed by atoms with Crippen LogP contribution in [0.2, 0.25) is 0 Å². The second kappa shape index (κ2) is 7.18. The average Bonchev–Trinajstić information content (AvgIpc) is 3.05. The molecule has 0 bridgehead atoms. The van der Waals surface area contributed by atoms with E-state index in [1.165, 1.54) is 0 Å². The van der Waals surface area contributed by atoms with Crippen molar-refractivity contribution in [2.24, 2.45) is 11.7 Å². The van der Waals surface area contributed by atoms with E-state index in [1.54, 1.807) is 0 Å². The van der Waals surface area contributed by atoms with Gasteiger partial charge in [-0.1, -0.05) is 0 Å². The highest BCUT2D eigenvalue weighted by atomic mass is 16.5. The fraction of sp³-hybridized carbons (Fsp3) is 0.938. The molecule has 3 saturated heterocycles. The van der Waals surface area contributed by atoms with Gasteiger partial charge >= 0.3 is 0 Å². The Bertz CT molecular complexity index is 343. The third-order valence-corrected chi connectivity index (χ3v) is 5.34. The Kier molecular flexibility index (Phi) is 5.27. The standard InChI is InChI=1S/C16H29N3O2/c17-13-5-9-19(10-6-13)15(12-3-7-18-8-4-12)16(20)14-2-1-11-21-14/h12-15,18H,1-11,17H2. The van der Waals surface area contributed by atoms with Crippen LogP contribution >= 0.6 is 0 Å². The topological polar surface area (TPSA) is 67.6 Å². The van der Waals surface area contributed by atoms with E-state index in [4.69, 9.17) is 10.5 Å². The molecule has 3 N–H and O–H groups in total. The van der Waals surface area contributed by atoms with Crippen LogP contribution in [0.3, 0.4) is 0 Å². The second-order valence-electron chi connectivity index (χ2n) is 6.81. The highest BCUT2D eigenvalue weighted by Crippen LogP contribution is 2.28. The van der Waals surface area contributed by atoms with Crippen LogP contribution in [-0.2, 0) is 9.53 Å². The van der Waals surface area contributed by atoms with Gasteiger partial charge in [0.05, 0.1) is 6.04 Å². The maximum absolute atomic E-state index is 13.0. The molecule has 120 valence electrons. The molecule has 5 heteroatoms. The molecule has 0 aromatic rings. The molecule has 5 nitrogen and oxygen atoms in total. The first kappa shape index (κ1) is 15.4. The van der Waals surface area contributed by atoms with Crippen LogP contribution < -0.4 is 11.1 Å². The molecule has 0 aromatic carbocycles. The fourth-order valence-electron chi connectivity index (χ4n) is 4.06. The van der Waals surface area contributed by atoms with Gasteiger partial charge in [0.25, 0.3) is 0 Å². The largest absolute Gasteiger partial charge is 0.370 e. The first-order valence-electron chi connectivity index (χ1n) is 8.61. The van der Waals surface area contributed by atoms with E-state index < -0.39 is 0 Å². The molecule has 0 spiro atoms. The van der Waals surface area contributed by atoms with Gasteiger partial charge in [0.1, 0.15) is 6.10 Å². The summed E-state index contributed by atoms with van der Waals surface area (Å²) in [6, 6.07) is 0.371. The number of piperidine rings is 2. The number of ether oxygens (including phenoxy) is 1. The minimum Gasteiger partial charge on any atom is -0.370 e. The summed E-state index contributed by atoms with van der Waals surface area (Å²) in [6.07, 6.45) is 6.02. The van der Waals surface area contributed by atoms with E-state index in [-0.39, 0.29) is 12.1 Å². The van der Waals surface area contributed by atoms with Crippen molar-refractivity contribution in [3.05, 3.63) is 0 Å². The number of likely N-dealkylation sites (tertiary alicyclic amines) is 1. The smallest absolute Gasteiger partial charge is 0.178 e. The molecule has 2 atom stereocenters. The fourth-order valence-corrected chi connectivity index (χ4v) is 4.06. The van der Waals surface area contributed by atoms with E-state index in [1.807, 2.05) is 0 Å². The van der Waals surface area contributed by atoms with E-state index in [0.29, 0.717) is 17.7 Å². The summed E-state index contributed by atoms with van der Waals surface area (Å²) in [5.74, 6) is 0.826. The number of carbonyl (C=O) groups is 1. The highest BCUT2D eigenvalue weighted by molar-refractivity contribution is 5.88. The lowest BCUT2D eigenvalue weighted by molar-refractivity contribution is -0.136. The molecule has 3 fully saturated rings. The van der Waals surface area contributed by atoms with Gasteiger partial charge in [-0.25, -0.2) is 0 Å². The minimum absolute atomic E-state index is 0.0581. The molecule has 0 aromatic heterocycles. The Morgan fingerprint density at radius 2 is 1.86 bits per heavy atom. The molecular formula is C16H29N3O2. The van der Waals surface area contributed by atoms with Gasteiger partial charge in [0.2, 0.25) is 0 Å². The second-order valence-corrected chi connectivity index (χ2v) is 6.81. The third kappa shape index (κ3) is 3.65. The molecule has 3 aliphatic rings. The zero-order chi connectivity index (χ0) is 14.7. The van der Waals surface area contributed by atoms with E-state index in [2.05, 4.69) is 10.2 Å². The summed E-state index contributed by atoms with van der Waals surface area (Å²) in [7, 11) is 0. The predicted octanol–water partition coefficient (Wildman–Crippen LogP) is 0.526. The van der Waals surface area contributed by atoms with Crippen molar-refractivity contribution in [1.82, 2.24) is 10.2 Å². The molecule has 0 amide bonds. The molecule has 0 aliphatic carbocycles. The minimum atomic E-state index is -0.152. The molecule has 0 radical (unpaired) electrons. The highest BCUT2D eigenvalue weighted by Gasteiger charge is 2.39. The number of hydrogen-bond acceptors (Lipinski definition) is 5. The van der Waals surface area contributed by atoms with E-state index in [0.717, 1.165) is 71.3 Å². The zero-order valence-electron chi connectivity index (χ0n) is 12.9. The van der Waals surface area contributed by atoms with Crippen LogP contribution in [0.25, 0.3) is 0 Å². The van der Waals surface area contributed by atoms with Crippen molar-refractivity contribution in [3.63, 3.8) is 0 Å². The number of ketones is 1. The lowest BCUT2D eigenvalue weighted by Crippen LogP contribution is -2.55. The Labute approximate surface area is 127 Å². The molecule has 2 unspecified atom stereocenters. The maximum Gasteiger partial charge on any atom is 0.178 e. The normalized spacial score (nSPS) is 31.4. The van der Waals surface area contributed by atoms with Crippen molar-refractivity contribution in [2.75, 3.05) is 32.8 Å². The molecule has 3 aliphatic heterocycles. The van der Waals surface area contributed by atoms with E-state index in [9.17, 15) is 4.79 Å². The quantitative estimate of drug-likeness (QED) is 0.792. The third-order valence-electron chi connectivity index (χ3n) is 5.34. The molecular weight excluding hydrogens is 266 g/mol. The number of nitrogens with two attached hydrogens (primary N) is 1. The average molecular weight is 295 g/mol. The van der Waals surface area contributed by atoms with Crippen LogP contribution in [-0.4, -0.2) is 61.7 Å². The van der Waals surface area contributed by atoms with Crippen molar-refractivity contribution in [3.8, 4) is 0 Å². The number of hydrogen-bond donors (Lipinski definition) is 2. The number of rotatable bonds is 4. The van der Waals surface area contributed by atoms with Gasteiger partial charge in [0, 0.05) is 25.7 Å². The zero-order valence-corrected chi connectivity index (χ0v) is 12.9. The molecule has 3 heterocycles. The summed E-state index contributed by atoms with van der Waals surface area (Å²) in [5.41, 5.74) is 6.03. The van der Waals surface area contributed by atoms with Crippen LogP contribution in [0.5, 0.6) is 0 Å². The Balaban J connectivity index is 1.71. The van der Waals surface area contributed by atoms with Gasteiger partial charge in [-0.15, -0.1) is 0 Å². The van der Waals surface area contributed by atoms with Crippen molar-refractivity contribution in [2.45, 2.75) is 56.7 Å². The number of nitrogens with one attached hydrogen (secondary N) is 1. The van der Waals surface area contributed by atoms with Crippen molar-refractivity contribution < 1.29 is 9.53 Å². The maximum atomic E-state index is 13.0. The summed E-state index contributed by atoms with van der Waals surface area (Å²) < 4.78 is 5.68. The van der Waals surface area contributed by atoms with Crippen LogP contribution in [0.4, 0.5) is 0 Å². The molecule has 21 heavy (non-hydrogen) atoms. The Morgan fingerprint density at radius 3 is 2.48 bits per heavy atom. The van der Waals surface area contributed by atoms with Crippen molar-refractivity contribution in [1.29, 1.82) is 0 Å².